The van der Waals surface area contributed by atoms with Gasteiger partial charge in [0, 0.05) is 37.4 Å². The van der Waals surface area contributed by atoms with Gasteiger partial charge in [-0.15, -0.1) is 0 Å². The number of fused-ring (bicyclic) bond motifs is 1. The van der Waals surface area contributed by atoms with Gasteiger partial charge in [-0.2, -0.15) is 14.6 Å². The first-order chi connectivity index (χ1) is 13.1. The molecule has 0 amide bonds. The minimum atomic E-state index is 0.412. The van der Waals surface area contributed by atoms with Gasteiger partial charge in [0.1, 0.15) is 12.1 Å². The quantitative estimate of drug-likeness (QED) is 0.694. The molecule has 8 heteroatoms. The Morgan fingerprint density at radius 2 is 1.96 bits per heavy atom. The summed E-state index contributed by atoms with van der Waals surface area (Å²) in [6.07, 6.45) is 4.57. The third kappa shape index (κ3) is 4.18. The van der Waals surface area contributed by atoms with Crippen molar-refractivity contribution in [2.45, 2.75) is 38.8 Å². The molecule has 2 aromatic heterocycles. The number of aryl methyl sites for hydroxylation is 1. The summed E-state index contributed by atoms with van der Waals surface area (Å²) >= 11 is 12.1. The molecule has 3 heterocycles. The number of piperidine rings is 1. The summed E-state index contributed by atoms with van der Waals surface area (Å²) in [5.41, 5.74) is 2.22. The third-order valence-corrected chi connectivity index (χ3v) is 5.74. The van der Waals surface area contributed by atoms with Gasteiger partial charge in [0.05, 0.1) is 10.0 Å². The highest BCUT2D eigenvalue weighted by molar-refractivity contribution is 6.42. The fourth-order valence-corrected chi connectivity index (χ4v) is 3.81. The fraction of sp³-hybridized carbons (Fsp3) is 0.421. The van der Waals surface area contributed by atoms with Crippen molar-refractivity contribution in [2.24, 2.45) is 0 Å². The molecule has 6 nitrogen and oxygen atoms in total. The van der Waals surface area contributed by atoms with Gasteiger partial charge >= 0.3 is 0 Å². The highest BCUT2D eigenvalue weighted by Crippen LogP contribution is 2.24. The standard InChI is InChI=1S/C19H22Cl2N6/c1-2-14-10-18(27-19(25-14)22-12-23-27)24-15-5-7-26(8-6-15)11-13-3-4-16(20)17(21)9-13/h3-4,9-10,12,15,24H,2,5-8,11H2,1H3. The van der Waals surface area contributed by atoms with Crippen LogP contribution in [0.1, 0.15) is 31.0 Å². The number of halogens is 2. The molecule has 1 N–H and O–H groups in total. The monoisotopic (exact) mass is 404 g/mol. The van der Waals surface area contributed by atoms with Crippen LogP contribution in [0.3, 0.4) is 0 Å². The zero-order valence-corrected chi connectivity index (χ0v) is 16.7. The molecular formula is C19H22Cl2N6. The molecule has 1 aliphatic rings. The summed E-state index contributed by atoms with van der Waals surface area (Å²) in [7, 11) is 0. The van der Waals surface area contributed by atoms with Gasteiger partial charge in [-0.1, -0.05) is 36.2 Å². The summed E-state index contributed by atoms with van der Waals surface area (Å²) in [6.45, 7) is 5.06. The molecule has 142 valence electrons. The van der Waals surface area contributed by atoms with Crippen molar-refractivity contribution in [3.05, 3.63) is 51.9 Å². The largest absolute Gasteiger partial charge is 0.367 e. The Bertz CT molecular complexity index is 933. The average molecular weight is 405 g/mol. The van der Waals surface area contributed by atoms with E-state index in [-0.39, 0.29) is 0 Å². The highest BCUT2D eigenvalue weighted by Gasteiger charge is 2.20. The average Bonchev–Trinajstić information content (AvgIpc) is 3.15. The van der Waals surface area contributed by atoms with E-state index in [0.717, 1.165) is 50.4 Å². The number of benzene rings is 1. The minimum Gasteiger partial charge on any atom is -0.367 e. The molecule has 0 saturated carbocycles. The number of rotatable bonds is 5. The maximum absolute atomic E-state index is 6.13. The Morgan fingerprint density at radius 3 is 2.70 bits per heavy atom. The molecule has 0 unspecified atom stereocenters. The number of nitrogens with one attached hydrogen (secondary N) is 1. The van der Waals surface area contributed by atoms with E-state index in [9.17, 15) is 0 Å². The van der Waals surface area contributed by atoms with Crippen LogP contribution in [0.2, 0.25) is 10.0 Å². The van der Waals surface area contributed by atoms with Gasteiger partial charge in [0.25, 0.3) is 5.78 Å². The van der Waals surface area contributed by atoms with Gasteiger partial charge in [-0.25, -0.2) is 4.98 Å². The minimum absolute atomic E-state index is 0.412. The van der Waals surface area contributed by atoms with Crippen LogP contribution in [0.4, 0.5) is 5.82 Å². The Hall–Kier alpha value is -1.89. The van der Waals surface area contributed by atoms with Crippen molar-refractivity contribution >= 4 is 34.8 Å². The van der Waals surface area contributed by atoms with Gasteiger partial charge in [0.15, 0.2) is 0 Å². The first-order valence-electron chi connectivity index (χ1n) is 9.25. The number of hydrogen-bond donors (Lipinski definition) is 1. The highest BCUT2D eigenvalue weighted by atomic mass is 35.5. The molecule has 0 spiro atoms. The number of hydrogen-bond acceptors (Lipinski definition) is 5. The smallest absolute Gasteiger partial charge is 0.254 e. The molecule has 1 aromatic carbocycles. The van der Waals surface area contributed by atoms with E-state index < -0.39 is 0 Å². The fourth-order valence-electron chi connectivity index (χ4n) is 3.49. The lowest BCUT2D eigenvalue weighted by Gasteiger charge is -2.33. The van der Waals surface area contributed by atoms with Crippen molar-refractivity contribution in [1.82, 2.24) is 24.5 Å². The van der Waals surface area contributed by atoms with Crippen LogP contribution in [0.15, 0.2) is 30.6 Å². The maximum atomic E-state index is 6.13. The van der Waals surface area contributed by atoms with Gasteiger partial charge in [-0.3, -0.25) is 4.90 Å². The summed E-state index contributed by atoms with van der Waals surface area (Å²) in [4.78, 5) is 11.2. The Morgan fingerprint density at radius 1 is 1.15 bits per heavy atom. The summed E-state index contributed by atoms with van der Waals surface area (Å²) in [6, 6.07) is 8.35. The summed E-state index contributed by atoms with van der Waals surface area (Å²) < 4.78 is 1.78. The first-order valence-corrected chi connectivity index (χ1v) is 10.0. The summed E-state index contributed by atoms with van der Waals surface area (Å²) in [5, 5.41) is 9.15. The molecule has 27 heavy (non-hydrogen) atoms. The predicted molar refractivity (Wildman–Crippen MR) is 109 cm³/mol. The number of aromatic nitrogens is 4. The maximum Gasteiger partial charge on any atom is 0.254 e. The van der Waals surface area contributed by atoms with E-state index in [4.69, 9.17) is 23.2 Å². The second-order valence-electron chi connectivity index (χ2n) is 6.90. The van der Waals surface area contributed by atoms with Crippen molar-refractivity contribution in [3.8, 4) is 0 Å². The molecule has 3 aromatic rings. The van der Waals surface area contributed by atoms with Crippen molar-refractivity contribution in [1.29, 1.82) is 0 Å². The van der Waals surface area contributed by atoms with Crippen LogP contribution in [0.5, 0.6) is 0 Å². The predicted octanol–water partition coefficient (Wildman–Crippen LogP) is 4.07. The van der Waals surface area contributed by atoms with E-state index in [2.05, 4.69) is 38.3 Å². The van der Waals surface area contributed by atoms with E-state index in [0.29, 0.717) is 21.9 Å². The Balaban J connectivity index is 1.38. The zero-order chi connectivity index (χ0) is 18.8. The normalized spacial score (nSPS) is 16.1. The van der Waals surface area contributed by atoms with E-state index in [1.165, 1.54) is 5.56 Å². The second kappa shape index (κ2) is 8.00. The van der Waals surface area contributed by atoms with Crippen LogP contribution < -0.4 is 5.32 Å². The SMILES string of the molecule is CCc1cc(NC2CCN(Cc3ccc(Cl)c(Cl)c3)CC2)n2ncnc2n1. The topological polar surface area (TPSA) is 58.4 Å². The van der Waals surface area contributed by atoms with Crippen molar-refractivity contribution < 1.29 is 0 Å². The van der Waals surface area contributed by atoms with Crippen LogP contribution in [0, 0.1) is 0 Å². The molecule has 0 bridgehead atoms. The van der Waals surface area contributed by atoms with E-state index in [1.807, 2.05) is 18.2 Å². The lowest BCUT2D eigenvalue weighted by Crippen LogP contribution is -2.39. The lowest BCUT2D eigenvalue weighted by atomic mass is 10.0. The first kappa shape index (κ1) is 18.5. The molecule has 1 aliphatic heterocycles. The molecule has 0 atom stereocenters. The van der Waals surface area contributed by atoms with E-state index >= 15 is 0 Å². The number of anilines is 1. The lowest BCUT2D eigenvalue weighted by molar-refractivity contribution is 0.211. The third-order valence-electron chi connectivity index (χ3n) is 5.00. The molecule has 1 fully saturated rings. The molecule has 4 rings (SSSR count). The van der Waals surface area contributed by atoms with Crippen LogP contribution in [0.25, 0.3) is 5.78 Å². The molecule has 0 aliphatic carbocycles. The van der Waals surface area contributed by atoms with Crippen molar-refractivity contribution in [3.63, 3.8) is 0 Å². The molecule has 1 saturated heterocycles. The molecular weight excluding hydrogens is 383 g/mol. The Kier molecular flexibility index (Phi) is 5.48. The van der Waals surface area contributed by atoms with Crippen LogP contribution >= 0.6 is 23.2 Å². The second-order valence-corrected chi connectivity index (χ2v) is 7.72. The van der Waals surface area contributed by atoms with Gasteiger partial charge in [0.2, 0.25) is 0 Å². The summed E-state index contributed by atoms with van der Waals surface area (Å²) in [5.74, 6) is 1.62. The zero-order valence-electron chi connectivity index (χ0n) is 15.2. The number of nitrogens with zero attached hydrogens (tertiary/aromatic N) is 5. The van der Waals surface area contributed by atoms with Crippen LogP contribution in [-0.2, 0) is 13.0 Å². The van der Waals surface area contributed by atoms with Crippen molar-refractivity contribution in [2.75, 3.05) is 18.4 Å². The van der Waals surface area contributed by atoms with Gasteiger partial charge in [-0.05, 0) is 37.0 Å². The van der Waals surface area contributed by atoms with Crippen LogP contribution in [-0.4, -0.2) is 43.6 Å². The molecule has 0 radical (unpaired) electrons. The number of likely N-dealkylation sites (tertiary alicyclic amines) is 1. The Labute approximate surface area is 168 Å². The van der Waals surface area contributed by atoms with E-state index in [1.54, 1.807) is 10.8 Å². The van der Waals surface area contributed by atoms with Gasteiger partial charge < -0.3 is 5.32 Å².